The fraction of sp³-hybridized carbons (Fsp3) is 0.143. The molecule has 0 unspecified atom stereocenters. The van der Waals surface area contributed by atoms with Crippen LogP contribution >= 0.6 is 0 Å². The number of ether oxygens (including phenoxy) is 1. The van der Waals surface area contributed by atoms with Gasteiger partial charge in [0.1, 0.15) is 0 Å². The van der Waals surface area contributed by atoms with Crippen molar-refractivity contribution in [2.45, 2.75) is 4.90 Å². The van der Waals surface area contributed by atoms with Crippen LogP contribution < -0.4 is 4.74 Å². The second-order valence-corrected chi connectivity index (χ2v) is 3.73. The first-order valence-corrected chi connectivity index (χ1v) is 4.73. The fourth-order valence-corrected chi connectivity index (χ4v) is 1.33. The molecule has 1 aromatic carbocycles. The van der Waals surface area contributed by atoms with Gasteiger partial charge in [-0.05, 0) is 12.1 Å². The summed E-state index contributed by atoms with van der Waals surface area (Å²) in [6.07, 6.45) is 0. The van der Waals surface area contributed by atoms with E-state index in [9.17, 15) is 8.42 Å². The third-order valence-corrected chi connectivity index (χ3v) is 2.30. The van der Waals surface area contributed by atoms with Crippen LogP contribution in [-0.4, -0.2) is 62.9 Å². The van der Waals surface area contributed by atoms with E-state index in [4.69, 9.17) is 9.66 Å². The van der Waals surface area contributed by atoms with Gasteiger partial charge in [-0.25, -0.2) is 0 Å². The summed E-state index contributed by atoms with van der Waals surface area (Å²) >= 11 is 0. The first-order chi connectivity index (χ1) is 5.95. The zero-order valence-corrected chi connectivity index (χ0v) is 7.58. The van der Waals surface area contributed by atoms with E-state index in [-0.39, 0.29) is 54.1 Å². The van der Waals surface area contributed by atoms with E-state index >= 15 is 0 Å². The topological polar surface area (TPSA) is 83.8 Å². The van der Waals surface area contributed by atoms with Gasteiger partial charge >= 0.3 is 37.7 Å². The zero-order valence-electron chi connectivity index (χ0n) is 6.76. The first kappa shape index (κ1) is 14.0. The minimum atomic E-state index is -4.27. The van der Waals surface area contributed by atoms with Crippen molar-refractivity contribution < 1.29 is 22.8 Å². The van der Waals surface area contributed by atoms with Crippen LogP contribution in [0.25, 0.3) is 0 Å². The van der Waals surface area contributed by atoms with Gasteiger partial charge in [0.2, 0.25) is 0 Å². The Bertz CT molecular complexity index is 414. The number of rotatable bonds is 2. The zero-order chi connectivity index (χ0) is 10.1. The quantitative estimate of drug-likeness (QED) is 0.554. The molecule has 0 amide bonds. The Labute approximate surface area is 111 Å². The predicted octanol–water partition coefficient (Wildman–Crippen LogP) is -0.269. The monoisotopic (exact) mass is 246 g/mol. The third-order valence-electron chi connectivity index (χ3n) is 1.45. The van der Waals surface area contributed by atoms with Crippen LogP contribution in [0.15, 0.2) is 23.1 Å². The van der Waals surface area contributed by atoms with Gasteiger partial charge in [0.15, 0.2) is 11.5 Å². The van der Waals surface area contributed by atoms with E-state index < -0.39 is 10.1 Å². The van der Waals surface area contributed by atoms with Crippen LogP contribution in [0.3, 0.4) is 0 Å². The van der Waals surface area contributed by atoms with E-state index in [0.717, 1.165) is 12.1 Å². The molecule has 0 atom stereocenters. The van der Waals surface area contributed by atoms with Crippen molar-refractivity contribution in [2.24, 2.45) is 0 Å². The second kappa shape index (κ2) is 5.18. The first-order valence-electron chi connectivity index (χ1n) is 3.29. The summed E-state index contributed by atoms with van der Waals surface area (Å²) in [5, 5.41) is 9.15. The van der Waals surface area contributed by atoms with Crippen molar-refractivity contribution in [2.75, 3.05) is 7.11 Å². The molecule has 2 N–H and O–H groups in total. The summed E-state index contributed by atoms with van der Waals surface area (Å²) in [5.74, 6) is -0.190. The van der Waals surface area contributed by atoms with Gasteiger partial charge in [0, 0.05) is 6.07 Å². The van der Waals surface area contributed by atoms with Crippen molar-refractivity contribution in [1.29, 1.82) is 0 Å². The minimum absolute atomic E-state index is 0. The fourth-order valence-electron chi connectivity index (χ4n) is 0.830. The van der Waals surface area contributed by atoms with E-state index in [1.807, 2.05) is 0 Å². The SMILES string of the molecule is COc1ccc(S(=O)(=O)O)cc1O.[CaH2]. The molecule has 0 fully saturated rings. The maximum atomic E-state index is 10.6. The molecule has 0 aliphatic rings. The van der Waals surface area contributed by atoms with Gasteiger partial charge in [-0.3, -0.25) is 4.55 Å². The number of benzene rings is 1. The molecule has 7 heteroatoms. The third kappa shape index (κ3) is 3.29. The van der Waals surface area contributed by atoms with E-state index in [1.165, 1.54) is 13.2 Å². The molecule has 0 bridgehead atoms. The Morgan fingerprint density at radius 3 is 2.29 bits per heavy atom. The second-order valence-electron chi connectivity index (χ2n) is 2.31. The maximum absolute atomic E-state index is 10.6. The average Bonchev–Trinajstić information content (AvgIpc) is 2.02. The van der Waals surface area contributed by atoms with Crippen LogP contribution in [-0.2, 0) is 10.1 Å². The molecule has 0 heterocycles. The number of phenols is 1. The predicted molar refractivity (Wildman–Crippen MR) is 53.0 cm³/mol. The Hall–Kier alpha value is -0.0103. The summed E-state index contributed by atoms with van der Waals surface area (Å²) in [7, 11) is -2.93. The molecule has 0 radical (unpaired) electrons. The van der Waals surface area contributed by atoms with Crippen molar-refractivity contribution in [1.82, 2.24) is 0 Å². The van der Waals surface area contributed by atoms with Crippen LogP contribution in [0.4, 0.5) is 0 Å². The summed E-state index contributed by atoms with van der Waals surface area (Å²) < 4.78 is 34.5. The van der Waals surface area contributed by atoms with E-state index in [2.05, 4.69) is 4.74 Å². The molecular formula is C7H10CaO5S. The standard InChI is InChI=1S/C7H8O5S.Ca.2H/c1-12-7-3-2-5(4-6(7)8)13(9,10)11;;;/h2-4,8H,1H3,(H,9,10,11);;;. The molecule has 1 aromatic rings. The molecule has 14 heavy (non-hydrogen) atoms. The normalized spacial score (nSPS) is 10.4. The summed E-state index contributed by atoms with van der Waals surface area (Å²) in [6.45, 7) is 0. The summed E-state index contributed by atoms with van der Waals surface area (Å²) in [4.78, 5) is -0.370. The Balaban J connectivity index is 0.00000169. The summed E-state index contributed by atoms with van der Waals surface area (Å²) in [5.41, 5.74) is 0. The van der Waals surface area contributed by atoms with Crippen LogP contribution in [0.5, 0.6) is 11.5 Å². The van der Waals surface area contributed by atoms with Crippen LogP contribution in [0.2, 0.25) is 0 Å². The van der Waals surface area contributed by atoms with Crippen LogP contribution in [0.1, 0.15) is 0 Å². The number of hydrogen-bond acceptors (Lipinski definition) is 4. The molecule has 0 saturated heterocycles. The van der Waals surface area contributed by atoms with E-state index in [0.29, 0.717) is 0 Å². The van der Waals surface area contributed by atoms with Crippen molar-refractivity contribution in [3.05, 3.63) is 18.2 Å². The van der Waals surface area contributed by atoms with Crippen molar-refractivity contribution in [3.63, 3.8) is 0 Å². The van der Waals surface area contributed by atoms with Gasteiger partial charge in [0.05, 0.1) is 12.0 Å². The summed E-state index contributed by atoms with van der Waals surface area (Å²) in [6, 6.07) is 3.29. The molecular weight excluding hydrogens is 236 g/mol. The molecule has 0 aliphatic carbocycles. The molecule has 5 nitrogen and oxygen atoms in total. The molecule has 0 saturated carbocycles. The molecule has 0 aromatic heterocycles. The Morgan fingerprint density at radius 2 is 1.93 bits per heavy atom. The average molecular weight is 246 g/mol. The molecule has 76 valence electrons. The van der Waals surface area contributed by atoms with Gasteiger partial charge < -0.3 is 9.84 Å². The molecule has 1 rings (SSSR count). The van der Waals surface area contributed by atoms with Gasteiger partial charge in [-0.2, -0.15) is 8.42 Å². The van der Waals surface area contributed by atoms with Gasteiger partial charge in [-0.15, -0.1) is 0 Å². The Kier molecular flexibility index (Phi) is 5.17. The van der Waals surface area contributed by atoms with Crippen molar-refractivity contribution >= 4 is 47.9 Å². The number of hydrogen-bond donors (Lipinski definition) is 2. The molecule has 0 spiro atoms. The van der Waals surface area contributed by atoms with Crippen molar-refractivity contribution in [3.8, 4) is 11.5 Å². The van der Waals surface area contributed by atoms with Gasteiger partial charge in [-0.1, -0.05) is 0 Å². The number of aromatic hydroxyl groups is 1. The van der Waals surface area contributed by atoms with Crippen LogP contribution in [0, 0.1) is 0 Å². The van der Waals surface area contributed by atoms with E-state index in [1.54, 1.807) is 0 Å². The Morgan fingerprint density at radius 1 is 1.36 bits per heavy atom. The van der Waals surface area contributed by atoms with Gasteiger partial charge in [0.25, 0.3) is 10.1 Å². The number of methoxy groups -OCH3 is 1. The molecule has 0 aliphatic heterocycles. The number of phenolic OH excluding ortho intramolecular Hbond substituents is 1.